The van der Waals surface area contributed by atoms with Crippen LogP contribution in [0.15, 0.2) is 64.2 Å². The van der Waals surface area contributed by atoms with Gasteiger partial charge in [-0.05, 0) is 35.2 Å². The fourth-order valence-corrected chi connectivity index (χ4v) is 4.57. The van der Waals surface area contributed by atoms with Gasteiger partial charge in [0, 0.05) is 17.6 Å². The van der Waals surface area contributed by atoms with Crippen molar-refractivity contribution in [3.8, 4) is 5.75 Å². The minimum absolute atomic E-state index is 0.0288. The van der Waals surface area contributed by atoms with Crippen LogP contribution in [0.25, 0.3) is 0 Å². The van der Waals surface area contributed by atoms with Crippen LogP contribution in [0.3, 0.4) is 0 Å². The lowest BCUT2D eigenvalue weighted by atomic mass is 10.1. The highest BCUT2D eigenvalue weighted by atomic mass is 35.5. The summed E-state index contributed by atoms with van der Waals surface area (Å²) in [6.07, 6.45) is 0. The molecule has 9 heteroatoms. The third-order valence-electron chi connectivity index (χ3n) is 3.65. The van der Waals surface area contributed by atoms with Crippen LogP contribution in [-0.4, -0.2) is 19.4 Å². The number of sulfonamides is 1. The molecule has 3 aromatic rings. The van der Waals surface area contributed by atoms with Crippen LogP contribution in [0.2, 0.25) is 5.02 Å². The molecule has 1 amide bonds. The summed E-state index contributed by atoms with van der Waals surface area (Å²) in [5, 5.41) is 15.0. The number of aromatic hydroxyl groups is 1. The van der Waals surface area contributed by atoms with Crippen LogP contribution in [-0.2, 0) is 16.6 Å². The summed E-state index contributed by atoms with van der Waals surface area (Å²) < 4.78 is 26.9. The van der Waals surface area contributed by atoms with Gasteiger partial charge in [-0.3, -0.25) is 9.52 Å². The van der Waals surface area contributed by atoms with Crippen LogP contribution in [0, 0.1) is 0 Å². The average Bonchev–Trinajstić information content (AvgIpc) is 3.16. The van der Waals surface area contributed by atoms with E-state index in [0.717, 1.165) is 16.9 Å². The molecular weight excluding hydrogens is 408 g/mol. The summed E-state index contributed by atoms with van der Waals surface area (Å²) in [4.78, 5) is 12.3. The molecule has 6 nitrogen and oxygen atoms in total. The first-order valence-electron chi connectivity index (χ1n) is 7.78. The van der Waals surface area contributed by atoms with Gasteiger partial charge in [0.05, 0.1) is 11.3 Å². The van der Waals surface area contributed by atoms with E-state index in [4.69, 9.17) is 11.6 Å². The molecule has 0 radical (unpaired) electrons. The summed E-state index contributed by atoms with van der Waals surface area (Å²) in [6.45, 7) is 0.199. The van der Waals surface area contributed by atoms with Gasteiger partial charge in [0.25, 0.3) is 15.9 Å². The Balaban J connectivity index is 1.71. The van der Waals surface area contributed by atoms with E-state index >= 15 is 0 Å². The van der Waals surface area contributed by atoms with E-state index in [0.29, 0.717) is 5.02 Å². The van der Waals surface area contributed by atoms with Gasteiger partial charge < -0.3 is 10.4 Å². The maximum atomic E-state index is 12.3. The second-order valence-corrected chi connectivity index (χ2v) is 8.81. The molecular formula is C18H15ClN2O4S2. The third kappa shape index (κ3) is 4.60. The van der Waals surface area contributed by atoms with Gasteiger partial charge in [0.1, 0.15) is 9.96 Å². The highest BCUT2D eigenvalue weighted by Gasteiger charge is 2.17. The Hall–Kier alpha value is -2.55. The molecule has 1 heterocycles. The minimum Gasteiger partial charge on any atom is -0.507 e. The molecule has 140 valence electrons. The van der Waals surface area contributed by atoms with Gasteiger partial charge in [0.15, 0.2) is 0 Å². The highest BCUT2D eigenvalue weighted by molar-refractivity contribution is 7.94. The molecule has 0 saturated heterocycles. The van der Waals surface area contributed by atoms with Crippen molar-refractivity contribution in [2.75, 3.05) is 4.72 Å². The van der Waals surface area contributed by atoms with E-state index in [-0.39, 0.29) is 27.8 Å². The van der Waals surface area contributed by atoms with Crippen molar-refractivity contribution >= 4 is 44.6 Å². The summed E-state index contributed by atoms with van der Waals surface area (Å²) in [7, 11) is -3.73. The normalized spacial score (nSPS) is 11.1. The van der Waals surface area contributed by atoms with Crippen molar-refractivity contribution in [3.05, 3.63) is 76.1 Å². The molecule has 0 aliphatic carbocycles. The molecule has 3 rings (SSSR count). The number of amides is 1. The average molecular weight is 423 g/mol. The van der Waals surface area contributed by atoms with Crippen molar-refractivity contribution in [1.82, 2.24) is 5.32 Å². The lowest BCUT2D eigenvalue weighted by Gasteiger charge is -2.10. The van der Waals surface area contributed by atoms with Gasteiger partial charge in [-0.25, -0.2) is 8.42 Å². The zero-order chi connectivity index (χ0) is 19.4. The zero-order valence-electron chi connectivity index (χ0n) is 13.8. The van der Waals surface area contributed by atoms with E-state index in [9.17, 15) is 18.3 Å². The number of benzene rings is 2. The first kappa shape index (κ1) is 19.2. The van der Waals surface area contributed by atoms with Gasteiger partial charge in [-0.15, -0.1) is 11.3 Å². The zero-order valence-corrected chi connectivity index (χ0v) is 16.2. The van der Waals surface area contributed by atoms with Crippen molar-refractivity contribution in [3.63, 3.8) is 0 Å². The topological polar surface area (TPSA) is 95.5 Å². The molecule has 0 atom stereocenters. The van der Waals surface area contributed by atoms with Crippen molar-refractivity contribution in [2.45, 2.75) is 10.8 Å². The molecule has 0 aliphatic rings. The van der Waals surface area contributed by atoms with Crippen molar-refractivity contribution < 1.29 is 18.3 Å². The second kappa shape index (κ2) is 7.99. The second-order valence-electron chi connectivity index (χ2n) is 5.54. The number of nitrogens with one attached hydrogen (secondary N) is 2. The van der Waals surface area contributed by atoms with Gasteiger partial charge >= 0.3 is 0 Å². The van der Waals surface area contributed by atoms with Crippen LogP contribution >= 0.6 is 22.9 Å². The Kier molecular flexibility index (Phi) is 5.69. The number of hydrogen-bond donors (Lipinski definition) is 3. The Labute approximate surface area is 165 Å². The smallest absolute Gasteiger partial charge is 0.271 e. The SMILES string of the molecule is O=C(NCc1ccccc1Cl)c1ccc(NS(=O)(=O)c2cccs2)cc1O. The Morgan fingerprint density at radius 3 is 2.56 bits per heavy atom. The van der Waals surface area contributed by atoms with Gasteiger partial charge in [0.2, 0.25) is 0 Å². The Morgan fingerprint density at radius 1 is 1.11 bits per heavy atom. The summed E-state index contributed by atoms with van der Waals surface area (Å²) in [5.74, 6) is -0.835. The van der Waals surface area contributed by atoms with Crippen LogP contribution in [0.1, 0.15) is 15.9 Å². The number of thiophene rings is 1. The number of carbonyl (C=O) groups excluding carboxylic acids is 1. The van der Waals surface area contributed by atoms with Crippen LogP contribution in [0.5, 0.6) is 5.75 Å². The number of halogens is 1. The molecule has 3 N–H and O–H groups in total. The predicted molar refractivity (Wildman–Crippen MR) is 106 cm³/mol. The quantitative estimate of drug-likeness (QED) is 0.562. The molecule has 0 unspecified atom stereocenters. The minimum atomic E-state index is -3.73. The monoisotopic (exact) mass is 422 g/mol. The number of carbonyl (C=O) groups is 1. The number of anilines is 1. The van der Waals surface area contributed by atoms with Crippen molar-refractivity contribution in [1.29, 1.82) is 0 Å². The summed E-state index contributed by atoms with van der Waals surface area (Å²) >= 11 is 7.12. The van der Waals surface area contributed by atoms with E-state index in [1.165, 1.54) is 24.3 Å². The maximum Gasteiger partial charge on any atom is 0.271 e. The van der Waals surface area contributed by atoms with Crippen LogP contribution < -0.4 is 10.0 Å². The van der Waals surface area contributed by atoms with E-state index in [1.54, 1.807) is 35.7 Å². The predicted octanol–water partition coefficient (Wildman–Crippen LogP) is 3.84. The number of rotatable bonds is 6. The first-order valence-corrected chi connectivity index (χ1v) is 10.5. The number of hydrogen-bond acceptors (Lipinski definition) is 5. The van der Waals surface area contributed by atoms with Gasteiger partial charge in [-0.1, -0.05) is 35.9 Å². The molecule has 0 saturated carbocycles. The van der Waals surface area contributed by atoms with E-state index in [2.05, 4.69) is 10.0 Å². The molecule has 0 spiro atoms. The first-order chi connectivity index (χ1) is 12.9. The Bertz CT molecular complexity index is 1070. The number of phenols is 1. The number of phenolic OH excluding ortho intramolecular Hbond substituents is 1. The molecule has 27 heavy (non-hydrogen) atoms. The molecule has 0 fully saturated rings. The fraction of sp³-hybridized carbons (Fsp3) is 0.0556. The molecule has 0 bridgehead atoms. The lowest BCUT2D eigenvalue weighted by Crippen LogP contribution is -2.23. The molecule has 2 aromatic carbocycles. The van der Waals surface area contributed by atoms with Gasteiger partial charge in [-0.2, -0.15) is 0 Å². The fourth-order valence-electron chi connectivity index (χ4n) is 2.32. The standard InChI is InChI=1S/C18H15ClN2O4S2/c19-15-5-2-1-4-12(15)11-20-18(23)14-8-7-13(10-16(14)22)21-27(24,25)17-6-3-9-26-17/h1-10,21-22H,11H2,(H,20,23). The Morgan fingerprint density at radius 2 is 1.89 bits per heavy atom. The highest BCUT2D eigenvalue weighted by Crippen LogP contribution is 2.25. The summed E-state index contributed by atoms with van der Waals surface area (Å²) in [6, 6.07) is 14.1. The van der Waals surface area contributed by atoms with E-state index in [1.807, 2.05) is 0 Å². The summed E-state index contributed by atoms with van der Waals surface area (Å²) in [5.41, 5.74) is 0.928. The largest absolute Gasteiger partial charge is 0.507 e. The third-order valence-corrected chi connectivity index (χ3v) is 6.80. The van der Waals surface area contributed by atoms with Crippen molar-refractivity contribution in [2.24, 2.45) is 0 Å². The maximum absolute atomic E-state index is 12.3. The lowest BCUT2D eigenvalue weighted by molar-refractivity contribution is 0.0948. The molecule has 0 aliphatic heterocycles. The van der Waals surface area contributed by atoms with E-state index < -0.39 is 15.9 Å². The van der Waals surface area contributed by atoms with Crippen LogP contribution in [0.4, 0.5) is 5.69 Å². The molecule has 1 aromatic heterocycles.